The predicted octanol–water partition coefficient (Wildman–Crippen LogP) is 4.23. The third-order valence-electron chi connectivity index (χ3n) is 3.01. The van der Waals surface area contributed by atoms with E-state index < -0.39 is 0 Å². The van der Waals surface area contributed by atoms with Gasteiger partial charge in [-0.05, 0) is 38.0 Å². The lowest BCUT2D eigenvalue weighted by Gasteiger charge is -2.08. The highest BCUT2D eigenvalue weighted by Gasteiger charge is 2.13. The molecule has 2 aromatic rings. The van der Waals surface area contributed by atoms with Gasteiger partial charge in [-0.25, -0.2) is 9.67 Å². The van der Waals surface area contributed by atoms with E-state index in [0.29, 0.717) is 10.9 Å². The minimum absolute atomic E-state index is 0.471. The number of rotatable bonds is 4. The summed E-state index contributed by atoms with van der Waals surface area (Å²) in [5.74, 6) is 1.26. The Labute approximate surface area is 123 Å². The lowest BCUT2D eigenvalue weighted by atomic mass is 10.2. The molecule has 2 rings (SSSR count). The highest BCUT2D eigenvalue weighted by Crippen LogP contribution is 2.22. The monoisotopic (exact) mass is 297 g/mol. The third kappa shape index (κ3) is 2.93. The molecule has 0 aliphatic carbocycles. The largest absolute Gasteiger partial charge is 0.234 e. The first-order valence-electron chi connectivity index (χ1n) is 6.34. The van der Waals surface area contributed by atoms with Gasteiger partial charge in [0.1, 0.15) is 0 Å². The number of pyridine rings is 1. The molecule has 5 heteroatoms. The van der Waals surface area contributed by atoms with Crippen LogP contribution < -0.4 is 0 Å². The molecule has 0 spiro atoms. The number of nitrogens with zero attached hydrogens (tertiary/aromatic N) is 3. The predicted molar refractivity (Wildman–Crippen MR) is 79.4 cm³/mol. The minimum atomic E-state index is 0.471. The van der Waals surface area contributed by atoms with Crippen LogP contribution in [0.15, 0.2) is 12.1 Å². The van der Waals surface area contributed by atoms with Gasteiger partial charge in [0.25, 0.3) is 0 Å². The summed E-state index contributed by atoms with van der Waals surface area (Å²) >= 11 is 12.1. The molecular weight excluding hydrogens is 281 g/mol. The second-order valence-electron chi connectivity index (χ2n) is 4.61. The second-order valence-corrected chi connectivity index (χ2v) is 5.25. The zero-order valence-corrected chi connectivity index (χ0v) is 12.9. The van der Waals surface area contributed by atoms with Gasteiger partial charge < -0.3 is 0 Å². The third-order valence-corrected chi connectivity index (χ3v) is 3.86. The van der Waals surface area contributed by atoms with E-state index in [-0.39, 0.29) is 0 Å². The van der Waals surface area contributed by atoms with Crippen molar-refractivity contribution in [3.05, 3.63) is 39.8 Å². The van der Waals surface area contributed by atoms with Gasteiger partial charge >= 0.3 is 0 Å². The molecule has 0 saturated carbocycles. The fraction of sp³-hybridized carbons (Fsp3) is 0.429. The summed E-state index contributed by atoms with van der Waals surface area (Å²) in [7, 11) is 0. The summed E-state index contributed by atoms with van der Waals surface area (Å²) in [6, 6.07) is 4.01. The highest BCUT2D eigenvalue weighted by atomic mass is 35.5. The van der Waals surface area contributed by atoms with Crippen LogP contribution in [0.4, 0.5) is 0 Å². The first-order chi connectivity index (χ1) is 9.06. The molecule has 2 heterocycles. The van der Waals surface area contributed by atoms with Crippen molar-refractivity contribution in [3.8, 4) is 5.82 Å². The van der Waals surface area contributed by atoms with Gasteiger partial charge in [-0.1, -0.05) is 24.9 Å². The Morgan fingerprint density at radius 3 is 2.53 bits per heavy atom. The Morgan fingerprint density at radius 1 is 1.26 bits per heavy atom. The van der Waals surface area contributed by atoms with Crippen molar-refractivity contribution in [3.63, 3.8) is 0 Å². The lowest BCUT2D eigenvalue weighted by Crippen LogP contribution is -2.05. The van der Waals surface area contributed by atoms with Crippen LogP contribution in [0.3, 0.4) is 0 Å². The van der Waals surface area contributed by atoms with Gasteiger partial charge in [0, 0.05) is 11.6 Å². The molecule has 0 atom stereocenters. The van der Waals surface area contributed by atoms with E-state index in [4.69, 9.17) is 23.2 Å². The van der Waals surface area contributed by atoms with Crippen LogP contribution in [0.2, 0.25) is 5.02 Å². The van der Waals surface area contributed by atoms with Crippen molar-refractivity contribution < 1.29 is 0 Å². The molecule has 0 saturated heterocycles. The molecule has 0 aliphatic heterocycles. The minimum Gasteiger partial charge on any atom is -0.234 e. The molecular formula is C14H17Cl2N3. The SMILES string of the molecule is CCCc1cc(CCl)cc(-n2nc(C)c(Cl)c2C)n1. The maximum Gasteiger partial charge on any atom is 0.154 e. The van der Waals surface area contributed by atoms with Crippen molar-refractivity contribution in [2.45, 2.75) is 39.5 Å². The molecule has 0 amide bonds. The van der Waals surface area contributed by atoms with Crippen LogP contribution in [0, 0.1) is 13.8 Å². The van der Waals surface area contributed by atoms with Gasteiger partial charge in [0.05, 0.1) is 16.4 Å². The lowest BCUT2D eigenvalue weighted by molar-refractivity contribution is 0.783. The molecule has 0 radical (unpaired) electrons. The Morgan fingerprint density at radius 2 is 2.00 bits per heavy atom. The van der Waals surface area contributed by atoms with E-state index >= 15 is 0 Å². The smallest absolute Gasteiger partial charge is 0.154 e. The molecule has 0 unspecified atom stereocenters. The Balaban J connectivity index is 2.54. The van der Waals surface area contributed by atoms with Crippen LogP contribution in [-0.4, -0.2) is 14.8 Å². The average molecular weight is 298 g/mol. The second kappa shape index (κ2) is 5.93. The average Bonchev–Trinajstić information content (AvgIpc) is 2.66. The van der Waals surface area contributed by atoms with E-state index in [9.17, 15) is 0 Å². The number of halogens is 2. The molecule has 102 valence electrons. The molecule has 19 heavy (non-hydrogen) atoms. The van der Waals surface area contributed by atoms with Crippen molar-refractivity contribution in [2.75, 3.05) is 0 Å². The van der Waals surface area contributed by atoms with Crippen LogP contribution in [0.1, 0.15) is 36.0 Å². The summed E-state index contributed by atoms with van der Waals surface area (Å²) in [5, 5.41) is 5.13. The summed E-state index contributed by atoms with van der Waals surface area (Å²) < 4.78 is 1.78. The normalized spacial score (nSPS) is 11.0. The fourth-order valence-corrected chi connectivity index (χ4v) is 2.32. The quantitative estimate of drug-likeness (QED) is 0.791. The summed E-state index contributed by atoms with van der Waals surface area (Å²) in [6.07, 6.45) is 1.99. The fourth-order valence-electron chi connectivity index (χ4n) is 2.05. The van der Waals surface area contributed by atoms with Crippen LogP contribution in [0.5, 0.6) is 0 Å². The van der Waals surface area contributed by atoms with Crippen LogP contribution in [0.25, 0.3) is 5.82 Å². The molecule has 0 fully saturated rings. The van der Waals surface area contributed by atoms with E-state index in [2.05, 4.69) is 17.0 Å². The van der Waals surface area contributed by atoms with Gasteiger partial charge in [-0.15, -0.1) is 11.6 Å². The Kier molecular flexibility index (Phi) is 4.48. The summed E-state index contributed by atoms with van der Waals surface area (Å²) in [6.45, 7) is 5.97. The van der Waals surface area contributed by atoms with E-state index in [1.54, 1.807) is 4.68 Å². The zero-order chi connectivity index (χ0) is 14.0. The molecule has 3 nitrogen and oxygen atoms in total. The van der Waals surface area contributed by atoms with E-state index in [0.717, 1.165) is 41.3 Å². The Bertz CT molecular complexity index is 591. The van der Waals surface area contributed by atoms with E-state index in [1.807, 2.05) is 26.0 Å². The van der Waals surface area contributed by atoms with Gasteiger partial charge in [0.15, 0.2) is 5.82 Å². The summed E-state index contributed by atoms with van der Waals surface area (Å²) in [5.41, 5.74) is 3.81. The number of alkyl halides is 1. The summed E-state index contributed by atoms with van der Waals surface area (Å²) in [4.78, 5) is 4.64. The first kappa shape index (κ1) is 14.4. The molecule has 2 aromatic heterocycles. The Hall–Kier alpha value is -1.06. The van der Waals surface area contributed by atoms with Crippen LogP contribution in [-0.2, 0) is 12.3 Å². The number of hydrogen-bond acceptors (Lipinski definition) is 2. The standard InChI is InChI=1S/C14H17Cl2N3/c1-4-5-12-6-11(8-15)7-13(17-12)19-10(3)14(16)9(2)18-19/h6-7H,4-5,8H2,1-3H3. The molecule has 0 N–H and O–H groups in total. The van der Waals surface area contributed by atoms with Crippen molar-refractivity contribution in [2.24, 2.45) is 0 Å². The van der Waals surface area contributed by atoms with Crippen molar-refractivity contribution >= 4 is 23.2 Å². The molecule has 0 aliphatic rings. The van der Waals surface area contributed by atoms with Crippen molar-refractivity contribution in [1.29, 1.82) is 0 Å². The molecule has 0 bridgehead atoms. The van der Waals surface area contributed by atoms with E-state index in [1.165, 1.54) is 0 Å². The van der Waals surface area contributed by atoms with Crippen LogP contribution >= 0.6 is 23.2 Å². The van der Waals surface area contributed by atoms with Crippen molar-refractivity contribution in [1.82, 2.24) is 14.8 Å². The van der Waals surface area contributed by atoms with Gasteiger partial charge in [-0.3, -0.25) is 0 Å². The number of aromatic nitrogens is 3. The number of hydrogen-bond donors (Lipinski definition) is 0. The zero-order valence-electron chi connectivity index (χ0n) is 11.4. The van der Waals surface area contributed by atoms with Gasteiger partial charge in [-0.2, -0.15) is 5.10 Å². The first-order valence-corrected chi connectivity index (χ1v) is 7.26. The number of aryl methyl sites for hydroxylation is 2. The highest BCUT2D eigenvalue weighted by molar-refractivity contribution is 6.31. The van der Waals surface area contributed by atoms with Gasteiger partial charge in [0.2, 0.25) is 0 Å². The molecule has 0 aromatic carbocycles. The maximum atomic E-state index is 6.19. The maximum absolute atomic E-state index is 6.19. The topological polar surface area (TPSA) is 30.7 Å².